The zero-order valence-corrected chi connectivity index (χ0v) is 17.3. The quantitative estimate of drug-likeness (QED) is 0.576. The molecule has 0 aromatic heterocycles. The lowest BCUT2D eigenvalue weighted by Gasteiger charge is -2.23. The smallest absolute Gasteiger partial charge is 0.408 e. The third-order valence-corrected chi connectivity index (χ3v) is 4.63. The molecule has 0 radical (unpaired) electrons. The van der Waals surface area contributed by atoms with Gasteiger partial charge in [-0.2, -0.15) is 0 Å². The highest BCUT2D eigenvalue weighted by Gasteiger charge is 2.24. The third kappa shape index (κ3) is 8.85. The molecule has 0 aliphatic heterocycles. The molecule has 1 aromatic carbocycles. The summed E-state index contributed by atoms with van der Waals surface area (Å²) >= 11 is 0. The summed E-state index contributed by atoms with van der Waals surface area (Å²) in [7, 11) is -3.30. The lowest BCUT2D eigenvalue weighted by Crippen LogP contribution is -2.48. The minimum absolute atomic E-state index is 0.0213. The van der Waals surface area contributed by atoms with Gasteiger partial charge in [-0.05, 0) is 44.9 Å². The summed E-state index contributed by atoms with van der Waals surface area (Å²) in [5, 5.41) is 5.07. The maximum Gasteiger partial charge on any atom is 0.408 e. The maximum atomic E-state index is 12.4. The van der Waals surface area contributed by atoms with Crippen LogP contribution in [0.1, 0.15) is 39.2 Å². The van der Waals surface area contributed by atoms with E-state index in [2.05, 4.69) is 10.6 Å². The minimum atomic E-state index is -3.30. The second-order valence-electron chi connectivity index (χ2n) is 7.34. The highest BCUT2D eigenvalue weighted by atomic mass is 32.2. The SMILES string of the molecule is CC(C)(C)OC(=O)N[C@@H](CCC(N)=O)C(=O)NCc1ccc(S(C)(=O)=O)cc1. The number of rotatable bonds is 8. The topological polar surface area (TPSA) is 145 Å². The number of hydrogen-bond donors (Lipinski definition) is 3. The largest absolute Gasteiger partial charge is 0.444 e. The van der Waals surface area contributed by atoms with Gasteiger partial charge >= 0.3 is 6.09 Å². The van der Waals surface area contributed by atoms with Crippen LogP contribution in [0.4, 0.5) is 4.79 Å². The van der Waals surface area contributed by atoms with Gasteiger partial charge in [0.1, 0.15) is 11.6 Å². The summed E-state index contributed by atoms with van der Waals surface area (Å²) in [6.07, 6.45) is 0.259. The normalized spacial score (nSPS) is 12.7. The van der Waals surface area contributed by atoms with Gasteiger partial charge in [-0.1, -0.05) is 12.1 Å². The fraction of sp³-hybridized carbons (Fsp3) is 0.500. The number of ether oxygens (including phenoxy) is 1. The number of carbonyl (C=O) groups is 3. The molecule has 0 saturated carbocycles. The molecule has 10 heteroatoms. The molecule has 1 aromatic rings. The lowest BCUT2D eigenvalue weighted by atomic mass is 10.1. The Bertz CT molecular complexity index is 813. The van der Waals surface area contributed by atoms with Gasteiger partial charge in [0.2, 0.25) is 11.8 Å². The monoisotopic (exact) mass is 413 g/mol. The molecule has 0 aliphatic rings. The molecule has 4 N–H and O–H groups in total. The van der Waals surface area contributed by atoms with Crippen molar-refractivity contribution in [3.8, 4) is 0 Å². The molecular weight excluding hydrogens is 386 g/mol. The van der Waals surface area contributed by atoms with E-state index in [0.717, 1.165) is 6.26 Å². The van der Waals surface area contributed by atoms with Crippen molar-refractivity contribution in [2.75, 3.05) is 6.26 Å². The maximum absolute atomic E-state index is 12.4. The Hall–Kier alpha value is -2.62. The average molecular weight is 413 g/mol. The second-order valence-corrected chi connectivity index (χ2v) is 9.35. The van der Waals surface area contributed by atoms with E-state index < -0.39 is 39.4 Å². The summed E-state index contributed by atoms with van der Waals surface area (Å²) < 4.78 is 28.1. The molecule has 0 saturated heterocycles. The van der Waals surface area contributed by atoms with Crippen LogP contribution in [0.15, 0.2) is 29.2 Å². The van der Waals surface area contributed by atoms with Crippen LogP contribution in [0.3, 0.4) is 0 Å². The van der Waals surface area contributed by atoms with Crippen LogP contribution < -0.4 is 16.4 Å². The Morgan fingerprint density at radius 3 is 2.18 bits per heavy atom. The molecular formula is C18H27N3O6S. The molecule has 0 heterocycles. The minimum Gasteiger partial charge on any atom is -0.444 e. The van der Waals surface area contributed by atoms with Gasteiger partial charge in [0.05, 0.1) is 4.90 Å². The van der Waals surface area contributed by atoms with E-state index in [9.17, 15) is 22.8 Å². The molecule has 0 aliphatic carbocycles. The van der Waals surface area contributed by atoms with Crippen LogP contribution in [-0.4, -0.2) is 44.2 Å². The van der Waals surface area contributed by atoms with Gasteiger partial charge in [0, 0.05) is 19.2 Å². The van der Waals surface area contributed by atoms with E-state index in [1.54, 1.807) is 32.9 Å². The van der Waals surface area contributed by atoms with E-state index in [4.69, 9.17) is 10.5 Å². The molecule has 28 heavy (non-hydrogen) atoms. The van der Waals surface area contributed by atoms with Crippen molar-refractivity contribution in [2.45, 2.75) is 56.7 Å². The number of hydrogen-bond acceptors (Lipinski definition) is 6. The van der Waals surface area contributed by atoms with Gasteiger partial charge in [0.15, 0.2) is 9.84 Å². The predicted molar refractivity (Wildman–Crippen MR) is 103 cm³/mol. The average Bonchev–Trinajstić information content (AvgIpc) is 2.54. The van der Waals surface area contributed by atoms with Crippen molar-refractivity contribution in [1.82, 2.24) is 10.6 Å². The Morgan fingerprint density at radius 2 is 1.71 bits per heavy atom. The molecule has 3 amide bonds. The lowest BCUT2D eigenvalue weighted by molar-refractivity contribution is -0.124. The number of carbonyl (C=O) groups excluding carboxylic acids is 3. The second kappa shape index (κ2) is 9.54. The fourth-order valence-electron chi connectivity index (χ4n) is 2.17. The number of sulfone groups is 1. The molecule has 1 rings (SSSR count). The first-order valence-electron chi connectivity index (χ1n) is 8.62. The Morgan fingerprint density at radius 1 is 1.14 bits per heavy atom. The van der Waals surface area contributed by atoms with E-state index in [0.29, 0.717) is 5.56 Å². The molecule has 0 spiro atoms. The predicted octanol–water partition coefficient (Wildman–Crippen LogP) is 0.865. The van der Waals surface area contributed by atoms with Crippen LogP contribution in [-0.2, 0) is 30.7 Å². The van der Waals surface area contributed by atoms with Crippen LogP contribution in [0.25, 0.3) is 0 Å². The zero-order chi connectivity index (χ0) is 21.5. The van der Waals surface area contributed by atoms with Crippen molar-refractivity contribution in [2.24, 2.45) is 5.73 Å². The van der Waals surface area contributed by atoms with Crippen LogP contribution >= 0.6 is 0 Å². The van der Waals surface area contributed by atoms with Gasteiger partial charge < -0.3 is 21.1 Å². The van der Waals surface area contributed by atoms with Gasteiger partial charge in [0.25, 0.3) is 0 Å². The van der Waals surface area contributed by atoms with E-state index in [1.165, 1.54) is 12.1 Å². The van der Waals surface area contributed by atoms with Gasteiger partial charge in [-0.25, -0.2) is 13.2 Å². The number of primary amides is 1. The Balaban J connectivity index is 2.74. The highest BCUT2D eigenvalue weighted by molar-refractivity contribution is 7.90. The zero-order valence-electron chi connectivity index (χ0n) is 16.4. The Kier molecular flexibility index (Phi) is 7.98. The first kappa shape index (κ1) is 23.4. The van der Waals surface area contributed by atoms with Crippen LogP contribution in [0.2, 0.25) is 0 Å². The molecule has 0 fully saturated rings. The van der Waals surface area contributed by atoms with Crippen molar-refractivity contribution < 1.29 is 27.5 Å². The summed E-state index contributed by atoms with van der Waals surface area (Å²) in [6.45, 7) is 5.17. The summed E-state index contributed by atoms with van der Waals surface area (Å²) in [6, 6.07) is 5.05. The molecule has 156 valence electrons. The number of nitrogens with two attached hydrogens (primary N) is 1. The summed E-state index contributed by atoms with van der Waals surface area (Å²) in [5.41, 5.74) is 5.06. The van der Waals surface area contributed by atoms with Crippen LogP contribution in [0.5, 0.6) is 0 Å². The molecule has 0 bridgehead atoms. The first-order valence-corrected chi connectivity index (χ1v) is 10.5. The molecule has 0 unspecified atom stereocenters. The van der Waals surface area contributed by atoms with E-state index in [1.807, 2.05) is 0 Å². The highest BCUT2D eigenvalue weighted by Crippen LogP contribution is 2.11. The van der Waals surface area contributed by atoms with Crippen molar-refractivity contribution >= 4 is 27.7 Å². The number of amides is 3. The van der Waals surface area contributed by atoms with E-state index >= 15 is 0 Å². The van der Waals surface area contributed by atoms with Crippen molar-refractivity contribution in [1.29, 1.82) is 0 Å². The van der Waals surface area contributed by atoms with Gasteiger partial charge in [-0.3, -0.25) is 9.59 Å². The standard InChI is InChI=1S/C18H27N3O6S/c1-18(2,3)27-17(24)21-14(9-10-15(19)22)16(23)20-11-12-5-7-13(8-6-12)28(4,25)26/h5-8,14H,9-11H2,1-4H3,(H2,19,22)(H,20,23)(H,21,24)/t14-/m0/s1. The summed E-state index contributed by atoms with van der Waals surface area (Å²) in [4.78, 5) is 35.6. The number of benzene rings is 1. The fourth-order valence-corrected chi connectivity index (χ4v) is 2.80. The molecule has 1 atom stereocenters. The molecule has 9 nitrogen and oxygen atoms in total. The number of alkyl carbamates (subject to hydrolysis) is 1. The first-order chi connectivity index (χ1) is 12.8. The van der Waals surface area contributed by atoms with Gasteiger partial charge in [-0.15, -0.1) is 0 Å². The van der Waals surface area contributed by atoms with Crippen molar-refractivity contribution in [3.63, 3.8) is 0 Å². The van der Waals surface area contributed by atoms with E-state index in [-0.39, 0.29) is 24.3 Å². The van der Waals surface area contributed by atoms with Crippen LogP contribution in [0, 0.1) is 0 Å². The number of nitrogens with one attached hydrogen (secondary N) is 2. The Labute approximate surface area is 164 Å². The third-order valence-electron chi connectivity index (χ3n) is 3.51. The summed E-state index contributed by atoms with van der Waals surface area (Å²) in [5.74, 6) is -1.11. The van der Waals surface area contributed by atoms with Crippen molar-refractivity contribution in [3.05, 3.63) is 29.8 Å².